The first-order valence-corrected chi connectivity index (χ1v) is 21.6. The standard InChI is InChI=1S/C40H54FN5O7Si/c1-21-28(18-43-33-26-14-23(26)20-46(34(21)33)37(49)52-39(5,6)7)27-13-22-15-30(42-19-29(22)32(31(27)41)45-36(48)51-38(2,3)4)44-35(47)50-24-16-25(17-24)53-54(11,12)40(8,9)10/h13,15,18-19,23-26H,14,16-17,20H2,1-12H3,(H,45,48)(H,42,44,47). The number of aromatic nitrogens is 2. The zero-order chi connectivity index (χ0) is 39.7. The highest BCUT2D eigenvalue weighted by Crippen LogP contribution is 2.56. The summed E-state index contributed by atoms with van der Waals surface area (Å²) in [6, 6.07) is 3.21. The van der Waals surface area contributed by atoms with Gasteiger partial charge in [-0.1, -0.05) is 20.8 Å². The highest BCUT2D eigenvalue weighted by Gasteiger charge is 2.49. The van der Waals surface area contributed by atoms with Gasteiger partial charge in [-0.05, 0) is 102 Å². The molecule has 0 bridgehead atoms. The average Bonchev–Trinajstić information content (AvgIpc) is 3.79. The fourth-order valence-electron chi connectivity index (χ4n) is 6.74. The molecule has 2 unspecified atom stereocenters. The maximum absolute atomic E-state index is 16.8. The maximum atomic E-state index is 16.8. The van der Waals surface area contributed by atoms with Crippen molar-refractivity contribution < 1.29 is 37.4 Å². The third kappa shape index (κ3) is 8.34. The number of anilines is 3. The van der Waals surface area contributed by atoms with Crippen molar-refractivity contribution in [3.8, 4) is 11.1 Å². The number of pyridine rings is 2. The summed E-state index contributed by atoms with van der Waals surface area (Å²) in [5.41, 5.74) is 0.887. The van der Waals surface area contributed by atoms with E-state index in [0.29, 0.717) is 41.6 Å². The van der Waals surface area contributed by atoms with Crippen LogP contribution in [0.5, 0.6) is 0 Å². The Bertz CT molecular complexity index is 2000. The van der Waals surface area contributed by atoms with Crippen molar-refractivity contribution in [3.05, 3.63) is 41.6 Å². The van der Waals surface area contributed by atoms with Crippen molar-refractivity contribution in [1.82, 2.24) is 9.97 Å². The summed E-state index contributed by atoms with van der Waals surface area (Å²) in [5.74, 6) is -0.0510. The van der Waals surface area contributed by atoms with E-state index < -0.39 is 43.6 Å². The van der Waals surface area contributed by atoms with Crippen LogP contribution in [0.4, 0.5) is 36.0 Å². The molecule has 3 aliphatic rings. The summed E-state index contributed by atoms with van der Waals surface area (Å²) < 4.78 is 40.2. The van der Waals surface area contributed by atoms with Crippen molar-refractivity contribution in [2.75, 3.05) is 22.1 Å². The van der Waals surface area contributed by atoms with E-state index in [2.05, 4.69) is 49.5 Å². The predicted molar refractivity (Wildman–Crippen MR) is 209 cm³/mol. The van der Waals surface area contributed by atoms with Gasteiger partial charge in [0, 0.05) is 54.2 Å². The highest BCUT2D eigenvalue weighted by molar-refractivity contribution is 6.74. The molecule has 14 heteroatoms. The van der Waals surface area contributed by atoms with Crippen LogP contribution in [0.15, 0.2) is 24.5 Å². The van der Waals surface area contributed by atoms with E-state index in [1.54, 1.807) is 44.0 Å². The molecular formula is C40H54FN5O7Si. The number of amides is 3. The lowest BCUT2D eigenvalue weighted by atomic mass is 9.92. The molecule has 3 heterocycles. The zero-order valence-electron chi connectivity index (χ0n) is 33.5. The first-order valence-electron chi connectivity index (χ1n) is 18.7. The molecule has 0 saturated heterocycles. The van der Waals surface area contributed by atoms with Crippen LogP contribution in [0.25, 0.3) is 21.9 Å². The Labute approximate surface area is 318 Å². The van der Waals surface area contributed by atoms with E-state index in [9.17, 15) is 14.4 Å². The minimum absolute atomic E-state index is 0.0511. The van der Waals surface area contributed by atoms with Crippen LogP contribution in [0.2, 0.25) is 18.1 Å². The lowest BCUT2D eigenvalue weighted by Gasteiger charge is -2.44. The number of halogens is 1. The molecule has 2 aromatic heterocycles. The summed E-state index contributed by atoms with van der Waals surface area (Å²) >= 11 is 0. The van der Waals surface area contributed by atoms with Crippen LogP contribution in [-0.4, -0.2) is 66.5 Å². The molecule has 292 valence electrons. The van der Waals surface area contributed by atoms with Gasteiger partial charge in [0.15, 0.2) is 14.1 Å². The first kappa shape index (κ1) is 39.4. The quantitative estimate of drug-likeness (QED) is 0.185. The van der Waals surface area contributed by atoms with Gasteiger partial charge in [0.05, 0.1) is 23.2 Å². The molecule has 0 spiro atoms. The monoisotopic (exact) mass is 763 g/mol. The second-order valence-corrected chi connectivity index (χ2v) is 23.1. The number of carbonyl (C=O) groups excluding carboxylic acids is 3. The number of ether oxygens (including phenoxy) is 3. The molecule has 54 heavy (non-hydrogen) atoms. The predicted octanol–water partition coefficient (Wildman–Crippen LogP) is 10.1. The summed E-state index contributed by atoms with van der Waals surface area (Å²) in [7, 11) is -1.94. The van der Waals surface area contributed by atoms with E-state index in [1.807, 2.05) is 27.7 Å². The van der Waals surface area contributed by atoms with Crippen LogP contribution in [0.3, 0.4) is 0 Å². The number of rotatable bonds is 6. The van der Waals surface area contributed by atoms with Gasteiger partial charge in [-0.25, -0.2) is 23.8 Å². The molecule has 3 amide bonds. The zero-order valence-corrected chi connectivity index (χ0v) is 34.5. The Morgan fingerprint density at radius 1 is 0.852 bits per heavy atom. The molecule has 6 rings (SSSR count). The van der Waals surface area contributed by atoms with E-state index in [-0.39, 0.29) is 51.5 Å². The Hall–Kier alpha value is -4.30. The number of fused-ring (bicyclic) bond motifs is 4. The van der Waals surface area contributed by atoms with Gasteiger partial charge in [-0.3, -0.25) is 20.5 Å². The normalized spacial score (nSPS) is 21.0. The van der Waals surface area contributed by atoms with Gasteiger partial charge in [-0.2, -0.15) is 0 Å². The summed E-state index contributed by atoms with van der Waals surface area (Å²) in [4.78, 5) is 50.2. The molecule has 2 N–H and O–H groups in total. The third-order valence-electron chi connectivity index (χ3n) is 10.6. The molecule has 2 atom stereocenters. The number of hydrogen-bond acceptors (Lipinski definition) is 9. The first-order chi connectivity index (χ1) is 24.9. The second-order valence-electron chi connectivity index (χ2n) is 18.4. The van der Waals surface area contributed by atoms with Crippen LogP contribution < -0.4 is 15.5 Å². The van der Waals surface area contributed by atoms with E-state index in [4.69, 9.17) is 23.6 Å². The van der Waals surface area contributed by atoms with Gasteiger partial charge in [0.1, 0.15) is 23.1 Å². The van der Waals surface area contributed by atoms with E-state index >= 15 is 4.39 Å². The van der Waals surface area contributed by atoms with Gasteiger partial charge in [0.25, 0.3) is 0 Å². The van der Waals surface area contributed by atoms with Crippen molar-refractivity contribution in [3.63, 3.8) is 0 Å². The number of benzene rings is 1. The topological polar surface area (TPSA) is 141 Å². The smallest absolute Gasteiger partial charge is 0.414 e. The van der Waals surface area contributed by atoms with Crippen LogP contribution in [0, 0.1) is 18.7 Å². The van der Waals surface area contributed by atoms with Crippen molar-refractivity contribution >= 4 is 54.6 Å². The number of carbonyl (C=O) groups is 3. The third-order valence-corrected chi connectivity index (χ3v) is 15.1. The average molecular weight is 764 g/mol. The van der Waals surface area contributed by atoms with Gasteiger partial charge in [0.2, 0.25) is 0 Å². The minimum atomic E-state index is -1.94. The molecule has 12 nitrogen and oxygen atoms in total. The van der Waals surface area contributed by atoms with Crippen molar-refractivity contribution in [2.45, 2.75) is 136 Å². The highest BCUT2D eigenvalue weighted by atomic mass is 28.4. The molecule has 2 aliphatic carbocycles. The van der Waals surface area contributed by atoms with Gasteiger partial charge < -0.3 is 18.6 Å². The van der Waals surface area contributed by atoms with Gasteiger partial charge in [-0.15, -0.1) is 0 Å². The summed E-state index contributed by atoms with van der Waals surface area (Å²) in [6.07, 6.45) is 2.91. The molecule has 3 aromatic rings. The Balaban J connectivity index is 1.31. The lowest BCUT2D eigenvalue weighted by molar-refractivity contribution is -0.0243. The fraction of sp³-hybridized carbons (Fsp3) is 0.575. The molecule has 2 fully saturated rings. The van der Waals surface area contributed by atoms with Crippen molar-refractivity contribution in [1.29, 1.82) is 0 Å². The Morgan fingerprint density at radius 2 is 1.52 bits per heavy atom. The van der Waals surface area contributed by atoms with Gasteiger partial charge >= 0.3 is 18.3 Å². The number of nitrogens with zero attached hydrogens (tertiary/aromatic N) is 3. The second kappa shape index (κ2) is 13.8. The molecule has 1 aromatic carbocycles. The maximum Gasteiger partial charge on any atom is 0.414 e. The summed E-state index contributed by atoms with van der Waals surface area (Å²) in [6.45, 7) is 23.9. The SMILES string of the molecule is Cc1c(-c2cc3cc(NC(=O)OC4CC(O[Si](C)(C)C(C)(C)C)C4)ncc3c(NC(=O)OC(C)(C)C)c2F)cnc2c1N(C(=O)OC(C)(C)C)CC1CC21. The number of hydrogen-bond donors (Lipinski definition) is 2. The van der Waals surface area contributed by atoms with Crippen LogP contribution in [0.1, 0.15) is 98.8 Å². The Morgan fingerprint density at radius 3 is 2.15 bits per heavy atom. The van der Waals surface area contributed by atoms with E-state index in [1.165, 1.54) is 6.20 Å². The largest absolute Gasteiger partial charge is 0.446 e. The number of nitrogens with one attached hydrogen (secondary N) is 2. The molecular weight excluding hydrogens is 710 g/mol. The Kier molecular flexibility index (Phi) is 10.0. The van der Waals surface area contributed by atoms with Crippen LogP contribution >= 0.6 is 0 Å². The molecule has 1 aliphatic heterocycles. The van der Waals surface area contributed by atoms with Crippen molar-refractivity contribution in [2.24, 2.45) is 5.92 Å². The summed E-state index contributed by atoms with van der Waals surface area (Å²) in [5, 5.41) is 6.14. The van der Waals surface area contributed by atoms with E-state index in [0.717, 1.165) is 12.1 Å². The molecule has 0 radical (unpaired) electrons. The molecule has 2 saturated carbocycles. The van der Waals surface area contributed by atoms with Crippen LogP contribution in [-0.2, 0) is 18.6 Å². The lowest BCUT2D eigenvalue weighted by Crippen LogP contribution is -2.49. The minimum Gasteiger partial charge on any atom is -0.446 e. The fourth-order valence-corrected chi connectivity index (χ4v) is 8.12.